The zero-order valence-corrected chi connectivity index (χ0v) is 24.9. The number of aryl methyl sites for hydroxylation is 1. The number of carbonyl (C=O) groups excluding carboxylic acids is 2. The molecule has 0 aliphatic carbocycles. The molecule has 0 fully saturated rings. The average molecular weight is 548 g/mol. The van der Waals surface area contributed by atoms with Gasteiger partial charge in [-0.05, 0) is 75.9 Å². The van der Waals surface area contributed by atoms with Crippen LogP contribution in [-0.2, 0) is 29.7 Å². The molecule has 0 aliphatic heterocycles. The molecule has 4 nitrogen and oxygen atoms in total. The van der Waals surface area contributed by atoms with Crippen LogP contribution in [-0.4, -0.2) is 23.9 Å². The van der Waals surface area contributed by atoms with Gasteiger partial charge in [-0.25, -0.2) is 4.79 Å². The summed E-state index contributed by atoms with van der Waals surface area (Å²) in [6.07, 6.45) is 3.52. The largest absolute Gasteiger partial charge is 0.465 e. The van der Waals surface area contributed by atoms with Crippen molar-refractivity contribution >= 4 is 11.9 Å². The van der Waals surface area contributed by atoms with Crippen molar-refractivity contribution in [2.75, 3.05) is 7.11 Å². The Morgan fingerprint density at radius 1 is 0.659 bits per heavy atom. The van der Waals surface area contributed by atoms with Crippen LogP contribution in [0.15, 0.2) is 97.1 Å². The van der Waals surface area contributed by atoms with E-state index < -0.39 is 0 Å². The lowest BCUT2D eigenvalue weighted by atomic mass is 9.86. The molecule has 4 heteroatoms. The van der Waals surface area contributed by atoms with E-state index in [9.17, 15) is 9.59 Å². The summed E-state index contributed by atoms with van der Waals surface area (Å²) >= 11 is 0. The Bertz CT molecular complexity index is 1430. The molecule has 0 aromatic heterocycles. The monoisotopic (exact) mass is 547 g/mol. The van der Waals surface area contributed by atoms with Crippen molar-refractivity contribution < 1.29 is 14.3 Å². The third-order valence-corrected chi connectivity index (χ3v) is 7.47. The predicted octanol–water partition coefficient (Wildman–Crippen LogP) is 8.62. The second-order valence-electron chi connectivity index (χ2n) is 11.7. The van der Waals surface area contributed by atoms with Gasteiger partial charge in [-0.15, -0.1) is 0 Å². The lowest BCUT2D eigenvalue weighted by Gasteiger charge is -2.24. The highest BCUT2D eigenvalue weighted by Crippen LogP contribution is 2.25. The molecule has 0 atom stereocenters. The van der Waals surface area contributed by atoms with Crippen LogP contribution in [0.25, 0.3) is 11.1 Å². The minimum Gasteiger partial charge on any atom is -0.465 e. The summed E-state index contributed by atoms with van der Waals surface area (Å²) in [5, 5.41) is 0. The summed E-state index contributed by atoms with van der Waals surface area (Å²) in [7, 11) is 1.37. The van der Waals surface area contributed by atoms with Crippen LogP contribution in [0.3, 0.4) is 0 Å². The molecule has 4 rings (SSSR count). The maximum atomic E-state index is 13.8. The van der Waals surface area contributed by atoms with E-state index in [1.54, 1.807) is 12.1 Å². The summed E-state index contributed by atoms with van der Waals surface area (Å²) in [6.45, 7) is 9.60. The number of methoxy groups -OCH3 is 1. The van der Waals surface area contributed by atoms with Crippen molar-refractivity contribution in [3.05, 3.63) is 130 Å². The van der Waals surface area contributed by atoms with Crippen LogP contribution >= 0.6 is 0 Å². The van der Waals surface area contributed by atoms with Crippen molar-refractivity contribution in [1.82, 2.24) is 4.90 Å². The Balaban J connectivity index is 1.55. The average Bonchev–Trinajstić information content (AvgIpc) is 2.99. The topological polar surface area (TPSA) is 46.6 Å². The molecule has 0 bridgehead atoms. The molecule has 0 spiro atoms. The number of nitrogens with zero attached hydrogens (tertiary/aromatic N) is 1. The molecule has 0 heterocycles. The Hall–Kier alpha value is -4.18. The highest BCUT2D eigenvalue weighted by Gasteiger charge is 2.19. The van der Waals surface area contributed by atoms with Crippen LogP contribution in [0.1, 0.15) is 83.5 Å². The Kier molecular flexibility index (Phi) is 9.78. The van der Waals surface area contributed by atoms with E-state index in [2.05, 4.69) is 76.2 Å². The number of ether oxygens (including phenoxy) is 1. The Labute approximate surface area is 245 Å². The number of hydrogen-bond acceptors (Lipinski definition) is 3. The van der Waals surface area contributed by atoms with Crippen LogP contribution in [0.4, 0.5) is 0 Å². The van der Waals surface area contributed by atoms with Gasteiger partial charge in [-0.2, -0.15) is 0 Å². The molecule has 0 radical (unpaired) electrons. The van der Waals surface area contributed by atoms with E-state index in [0.29, 0.717) is 24.2 Å². The molecule has 0 saturated heterocycles. The molecular weight excluding hydrogens is 506 g/mol. The SMILES string of the molecule is CCCCc1ccc(-c2ccc(CN(Cc3ccc(C(=O)OC)cc3)C(=O)c3ccc(C(C)(C)C)cc3)cc2)cc1. The molecule has 4 aromatic rings. The van der Waals surface area contributed by atoms with E-state index in [0.717, 1.165) is 23.1 Å². The lowest BCUT2D eigenvalue weighted by Crippen LogP contribution is -2.30. The van der Waals surface area contributed by atoms with E-state index in [-0.39, 0.29) is 17.3 Å². The van der Waals surface area contributed by atoms with Gasteiger partial charge in [0.05, 0.1) is 12.7 Å². The van der Waals surface area contributed by atoms with Gasteiger partial charge in [0.1, 0.15) is 0 Å². The van der Waals surface area contributed by atoms with Gasteiger partial charge in [0, 0.05) is 18.7 Å². The molecular formula is C37H41NO3. The lowest BCUT2D eigenvalue weighted by molar-refractivity contribution is 0.0600. The van der Waals surface area contributed by atoms with Gasteiger partial charge < -0.3 is 9.64 Å². The van der Waals surface area contributed by atoms with Crippen molar-refractivity contribution in [3.8, 4) is 11.1 Å². The summed E-state index contributed by atoms with van der Waals surface area (Å²) in [6, 6.07) is 32.4. The molecule has 0 unspecified atom stereocenters. The number of benzene rings is 4. The first-order chi connectivity index (χ1) is 19.7. The van der Waals surface area contributed by atoms with Gasteiger partial charge in [-0.3, -0.25) is 4.79 Å². The maximum absolute atomic E-state index is 13.8. The second kappa shape index (κ2) is 13.5. The minimum absolute atomic E-state index is 0.0141. The van der Waals surface area contributed by atoms with Gasteiger partial charge in [0.25, 0.3) is 5.91 Å². The van der Waals surface area contributed by atoms with Crippen LogP contribution in [0.5, 0.6) is 0 Å². The zero-order chi connectivity index (χ0) is 29.4. The highest BCUT2D eigenvalue weighted by molar-refractivity contribution is 5.94. The Morgan fingerprint density at radius 2 is 1.12 bits per heavy atom. The smallest absolute Gasteiger partial charge is 0.337 e. The second-order valence-corrected chi connectivity index (χ2v) is 11.7. The third kappa shape index (κ3) is 7.94. The first-order valence-corrected chi connectivity index (χ1v) is 14.4. The van der Waals surface area contributed by atoms with E-state index in [4.69, 9.17) is 4.74 Å². The number of hydrogen-bond donors (Lipinski definition) is 0. The molecule has 41 heavy (non-hydrogen) atoms. The van der Waals surface area contributed by atoms with E-state index >= 15 is 0 Å². The van der Waals surface area contributed by atoms with Crippen molar-refractivity contribution in [1.29, 1.82) is 0 Å². The Morgan fingerprint density at radius 3 is 1.59 bits per heavy atom. The summed E-state index contributed by atoms with van der Waals surface area (Å²) in [5.41, 5.74) is 8.06. The molecule has 0 saturated carbocycles. The number of unbranched alkanes of at least 4 members (excludes halogenated alkanes) is 1. The molecule has 1 amide bonds. The standard InChI is InChI=1S/C37H41NO3/c1-6-7-8-27-9-15-30(16-10-27)31-17-11-28(12-18-31)25-38(26-29-13-19-33(20-14-29)36(40)41-5)35(39)32-21-23-34(24-22-32)37(2,3)4/h9-24H,6-8,25-26H2,1-5H3. The molecule has 212 valence electrons. The summed E-state index contributed by atoms with van der Waals surface area (Å²) in [5.74, 6) is -0.409. The third-order valence-electron chi connectivity index (χ3n) is 7.47. The minimum atomic E-state index is -0.376. The fourth-order valence-corrected chi connectivity index (χ4v) is 4.85. The number of amides is 1. The summed E-state index contributed by atoms with van der Waals surface area (Å²) < 4.78 is 4.83. The zero-order valence-electron chi connectivity index (χ0n) is 24.9. The number of esters is 1. The van der Waals surface area contributed by atoms with E-state index in [1.807, 2.05) is 41.3 Å². The van der Waals surface area contributed by atoms with Crippen molar-refractivity contribution in [2.24, 2.45) is 0 Å². The first-order valence-electron chi connectivity index (χ1n) is 14.4. The molecule has 0 aliphatic rings. The first kappa shape index (κ1) is 29.8. The fourth-order valence-electron chi connectivity index (χ4n) is 4.85. The van der Waals surface area contributed by atoms with Crippen LogP contribution < -0.4 is 0 Å². The maximum Gasteiger partial charge on any atom is 0.337 e. The van der Waals surface area contributed by atoms with E-state index in [1.165, 1.54) is 36.6 Å². The van der Waals surface area contributed by atoms with Crippen molar-refractivity contribution in [2.45, 2.75) is 65.5 Å². The predicted molar refractivity (Wildman–Crippen MR) is 167 cm³/mol. The van der Waals surface area contributed by atoms with Crippen molar-refractivity contribution in [3.63, 3.8) is 0 Å². The molecule has 0 N–H and O–H groups in total. The van der Waals surface area contributed by atoms with Gasteiger partial charge in [0.2, 0.25) is 0 Å². The number of rotatable bonds is 10. The summed E-state index contributed by atoms with van der Waals surface area (Å²) in [4.78, 5) is 27.5. The normalized spacial score (nSPS) is 11.2. The quantitative estimate of drug-likeness (QED) is 0.187. The van der Waals surface area contributed by atoms with Gasteiger partial charge in [-0.1, -0.05) is 107 Å². The number of carbonyl (C=O) groups is 2. The van der Waals surface area contributed by atoms with Crippen LogP contribution in [0.2, 0.25) is 0 Å². The fraction of sp³-hybridized carbons (Fsp3) is 0.297. The molecule has 4 aromatic carbocycles. The van der Waals surface area contributed by atoms with Gasteiger partial charge in [0.15, 0.2) is 0 Å². The highest BCUT2D eigenvalue weighted by atomic mass is 16.5. The van der Waals surface area contributed by atoms with Crippen LogP contribution in [0, 0.1) is 0 Å². The van der Waals surface area contributed by atoms with Gasteiger partial charge >= 0.3 is 5.97 Å².